The quantitative estimate of drug-likeness (QED) is 0.874. The van der Waals surface area contributed by atoms with Crippen LogP contribution < -0.4 is 4.74 Å². The molecule has 0 bridgehead atoms. The van der Waals surface area contributed by atoms with E-state index in [9.17, 15) is 9.90 Å². The van der Waals surface area contributed by atoms with Crippen LogP contribution >= 0.6 is 0 Å². The Labute approximate surface area is 147 Å². The van der Waals surface area contributed by atoms with Gasteiger partial charge in [-0.15, -0.1) is 0 Å². The number of ether oxygens (including phenoxy) is 1. The highest BCUT2D eigenvalue weighted by molar-refractivity contribution is 5.76. The second-order valence-electron chi connectivity index (χ2n) is 6.23. The lowest BCUT2D eigenvalue weighted by molar-refractivity contribution is -0.151. The Hall–Kier alpha value is -2.60. The Morgan fingerprint density at radius 3 is 2.72 bits per heavy atom. The minimum Gasteiger partial charge on any atom is -0.496 e. The number of nitrogens with zero attached hydrogens (tertiary/aromatic N) is 3. The summed E-state index contributed by atoms with van der Waals surface area (Å²) in [7, 11) is 1.66. The predicted molar refractivity (Wildman–Crippen MR) is 95.5 cm³/mol. The van der Waals surface area contributed by atoms with E-state index in [0.29, 0.717) is 12.8 Å². The molecule has 3 rings (SSSR count). The van der Waals surface area contributed by atoms with Crippen LogP contribution in [0.1, 0.15) is 18.4 Å². The third kappa shape index (κ3) is 3.58. The highest BCUT2D eigenvalue weighted by atomic mass is 16.5. The molecule has 1 aliphatic rings. The Morgan fingerprint density at radius 2 is 2.08 bits per heavy atom. The summed E-state index contributed by atoms with van der Waals surface area (Å²) < 4.78 is 6.94. The zero-order valence-corrected chi connectivity index (χ0v) is 14.3. The smallest absolute Gasteiger partial charge is 0.331 e. The lowest BCUT2D eigenvalue weighted by Crippen LogP contribution is -2.51. The normalized spacial score (nSPS) is 17.6. The summed E-state index contributed by atoms with van der Waals surface area (Å²) in [5, 5.41) is 13.9. The van der Waals surface area contributed by atoms with Gasteiger partial charge in [0.05, 0.1) is 7.11 Å². The molecule has 25 heavy (non-hydrogen) atoms. The second kappa shape index (κ2) is 7.53. The number of carboxylic acids is 1. The number of hydrogen-bond donors (Lipinski definition) is 1. The van der Waals surface area contributed by atoms with Crippen molar-refractivity contribution >= 4 is 12.0 Å². The van der Waals surface area contributed by atoms with Crippen LogP contribution in [0.2, 0.25) is 0 Å². The number of aromatic nitrogens is 2. The molecule has 1 N–H and O–H groups in total. The summed E-state index contributed by atoms with van der Waals surface area (Å²) in [6, 6.07) is 9.65. The molecule has 1 aliphatic heterocycles. The topological polar surface area (TPSA) is 67.6 Å². The van der Waals surface area contributed by atoms with Gasteiger partial charge >= 0.3 is 5.97 Å². The Morgan fingerprint density at radius 1 is 1.32 bits per heavy atom. The molecule has 1 saturated heterocycles. The van der Waals surface area contributed by atoms with E-state index in [-0.39, 0.29) is 0 Å². The van der Waals surface area contributed by atoms with Crippen molar-refractivity contribution in [3.63, 3.8) is 0 Å². The average molecular weight is 341 g/mol. The van der Waals surface area contributed by atoms with Gasteiger partial charge in [-0.1, -0.05) is 30.4 Å². The number of aliphatic carboxylic acids is 1. The van der Waals surface area contributed by atoms with E-state index in [0.717, 1.165) is 30.9 Å². The Bertz CT molecular complexity index is 732. The van der Waals surface area contributed by atoms with E-state index in [4.69, 9.17) is 4.74 Å². The number of likely N-dealkylation sites (tertiary alicyclic amines) is 1. The van der Waals surface area contributed by atoms with Crippen LogP contribution in [0.3, 0.4) is 0 Å². The number of carbonyl (C=O) groups is 1. The van der Waals surface area contributed by atoms with Crippen molar-refractivity contribution in [2.45, 2.75) is 18.4 Å². The molecule has 0 saturated carbocycles. The lowest BCUT2D eigenvalue weighted by atomic mass is 9.87. The van der Waals surface area contributed by atoms with Gasteiger partial charge in [0.2, 0.25) is 0 Å². The third-order valence-electron chi connectivity index (χ3n) is 4.82. The number of methoxy groups -OCH3 is 1. The third-order valence-corrected chi connectivity index (χ3v) is 4.82. The molecule has 0 aliphatic carbocycles. The van der Waals surface area contributed by atoms with E-state index in [1.807, 2.05) is 30.3 Å². The monoisotopic (exact) mass is 341 g/mol. The van der Waals surface area contributed by atoms with Gasteiger partial charge in [-0.2, -0.15) is 5.10 Å². The maximum Gasteiger partial charge on any atom is 0.331 e. The fourth-order valence-corrected chi connectivity index (χ4v) is 3.30. The molecule has 2 aromatic rings. The molecule has 6 heteroatoms. The molecule has 1 fully saturated rings. The maximum atomic E-state index is 11.8. The fraction of sp³-hybridized carbons (Fsp3) is 0.368. The van der Waals surface area contributed by atoms with Gasteiger partial charge in [0.1, 0.15) is 5.75 Å². The van der Waals surface area contributed by atoms with E-state index < -0.39 is 11.5 Å². The average Bonchev–Trinajstić information content (AvgIpc) is 3.18. The molecule has 0 radical (unpaired) electrons. The zero-order valence-electron chi connectivity index (χ0n) is 14.3. The number of carboxylic acid groups (broad SMARTS) is 1. The zero-order chi connectivity index (χ0) is 17.7. The van der Waals surface area contributed by atoms with Crippen LogP contribution in [-0.2, 0) is 10.3 Å². The van der Waals surface area contributed by atoms with Crippen molar-refractivity contribution < 1.29 is 14.6 Å². The minimum absolute atomic E-state index is 0.548. The highest BCUT2D eigenvalue weighted by Gasteiger charge is 2.43. The van der Waals surface area contributed by atoms with Crippen molar-refractivity contribution in [1.82, 2.24) is 14.7 Å². The largest absolute Gasteiger partial charge is 0.496 e. The van der Waals surface area contributed by atoms with Crippen molar-refractivity contribution in [2.24, 2.45) is 0 Å². The molecule has 0 amide bonds. The van der Waals surface area contributed by atoms with Crippen LogP contribution in [-0.4, -0.2) is 52.5 Å². The van der Waals surface area contributed by atoms with Gasteiger partial charge in [0.15, 0.2) is 5.54 Å². The Balaban J connectivity index is 1.61. The van der Waals surface area contributed by atoms with E-state index in [1.165, 1.54) is 0 Å². The summed E-state index contributed by atoms with van der Waals surface area (Å²) in [5.74, 6) is 0.0429. The standard InChI is InChI=1S/C19H23N3O3/c1-25-17-8-3-2-6-16(17)7-4-12-21-14-9-19(10-15-21,18(23)24)22-13-5-11-20-22/h2-8,11,13H,9-10,12,14-15H2,1H3,(H,23,24)/b7-4+. The number of piperidine rings is 1. The summed E-state index contributed by atoms with van der Waals surface area (Å²) >= 11 is 0. The van der Waals surface area contributed by atoms with Gasteiger partial charge < -0.3 is 9.84 Å². The van der Waals surface area contributed by atoms with Gasteiger partial charge in [0.25, 0.3) is 0 Å². The lowest BCUT2D eigenvalue weighted by Gasteiger charge is -2.38. The summed E-state index contributed by atoms with van der Waals surface area (Å²) in [5.41, 5.74) is 0.116. The fourth-order valence-electron chi connectivity index (χ4n) is 3.30. The molecule has 0 spiro atoms. The van der Waals surface area contributed by atoms with Gasteiger partial charge in [-0.05, 0) is 25.0 Å². The molecule has 0 unspecified atom stereocenters. The SMILES string of the molecule is COc1ccccc1/C=C/CN1CCC(C(=O)O)(n2cccn2)CC1. The van der Waals surface area contributed by atoms with Crippen molar-refractivity contribution in [3.8, 4) is 5.75 Å². The highest BCUT2D eigenvalue weighted by Crippen LogP contribution is 2.30. The van der Waals surface area contributed by atoms with E-state index in [2.05, 4.69) is 16.1 Å². The summed E-state index contributed by atoms with van der Waals surface area (Å²) in [6.07, 6.45) is 8.61. The number of rotatable bonds is 6. The number of para-hydroxylation sites is 1. The molecule has 6 nitrogen and oxygen atoms in total. The molecule has 2 heterocycles. The van der Waals surface area contributed by atoms with Crippen LogP contribution in [0.25, 0.3) is 6.08 Å². The van der Waals surface area contributed by atoms with Crippen LogP contribution in [0.5, 0.6) is 5.75 Å². The molecule has 0 atom stereocenters. The minimum atomic E-state index is -0.924. The van der Waals surface area contributed by atoms with Crippen LogP contribution in [0.4, 0.5) is 0 Å². The van der Waals surface area contributed by atoms with Gasteiger partial charge in [-0.3, -0.25) is 9.58 Å². The van der Waals surface area contributed by atoms with E-state index >= 15 is 0 Å². The molecule has 1 aromatic carbocycles. The molecular formula is C19H23N3O3. The van der Waals surface area contributed by atoms with Gasteiger partial charge in [-0.25, -0.2) is 4.79 Å². The van der Waals surface area contributed by atoms with Crippen molar-refractivity contribution in [1.29, 1.82) is 0 Å². The number of benzene rings is 1. The summed E-state index contributed by atoms with van der Waals surface area (Å²) in [6.45, 7) is 2.23. The van der Waals surface area contributed by atoms with Crippen molar-refractivity contribution in [3.05, 3.63) is 54.4 Å². The van der Waals surface area contributed by atoms with Crippen LogP contribution in [0.15, 0.2) is 48.8 Å². The van der Waals surface area contributed by atoms with Crippen LogP contribution in [0, 0.1) is 0 Å². The molecule has 132 valence electrons. The second-order valence-corrected chi connectivity index (χ2v) is 6.23. The first-order valence-electron chi connectivity index (χ1n) is 8.41. The molecule has 1 aromatic heterocycles. The summed E-state index contributed by atoms with van der Waals surface area (Å²) in [4.78, 5) is 14.1. The predicted octanol–water partition coefficient (Wildman–Crippen LogP) is 2.48. The number of hydrogen-bond acceptors (Lipinski definition) is 4. The molecular weight excluding hydrogens is 318 g/mol. The first-order chi connectivity index (χ1) is 12.2. The Kier molecular flexibility index (Phi) is 5.19. The first kappa shape index (κ1) is 17.2. The van der Waals surface area contributed by atoms with Crippen molar-refractivity contribution in [2.75, 3.05) is 26.7 Å². The van der Waals surface area contributed by atoms with Gasteiger partial charge in [0, 0.05) is 37.6 Å². The van der Waals surface area contributed by atoms with E-state index in [1.54, 1.807) is 30.3 Å². The first-order valence-corrected chi connectivity index (χ1v) is 8.41. The maximum absolute atomic E-state index is 11.8.